The van der Waals surface area contributed by atoms with Gasteiger partial charge in [0.15, 0.2) is 23.2 Å². The highest BCUT2D eigenvalue weighted by atomic mass is 19.3. The van der Waals surface area contributed by atoms with E-state index in [9.17, 15) is 26.7 Å². The molecule has 0 bridgehead atoms. The van der Waals surface area contributed by atoms with E-state index in [2.05, 4.69) is 4.74 Å². The first-order valence-electron chi connectivity index (χ1n) is 7.15. The average Bonchev–Trinajstić information content (AvgIpc) is 2.52. The summed E-state index contributed by atoms with van der Waals surface area (Å²) in [6, 6.07) is 4.15. The number of hydrogen-bond donors (Lipinski definition) is 0. The number of ketones is 1. The minimum absolute atomic E-state index is 0.0301. The molecule has 0 atom stereocenters. The number of benzene rings is 2. The van der Waals surface area contributed by atoms with Crippen molar-refractivity contribution in [3.05, 3.63) is 58.9 Å². The van der Waals surface area contributed by atoms with Crippen LogP contribution in [-0.4, -0.2) is 12.4 Å². The van der Waals surface area contributed by atoms with Gasteiger partial charge in [-0.15, -0.1) is 0 Å². The summed E-state index contributed by atoms with van der Waals surface area (Å²) in [6.07, 6.45) is -4.31. The molecule has 0 amide bonds. The van der Waals surface area contributed by atoms with E-state index in [0.29, 0.717) is 12.1 Å². The third-order valence-electron chi connectivity index (χ3n) is 3.19. The second-order valence-corrected chi connectivity index (χ2v) is 5.02. The molecule has 0 heterocycles. The molecule has 0 radical (unpaired) electrons. The fraction of sp³-hybridized carbons (Fsp3) is 0.235. The summed E-state index contributed by atoms with van der Waals surface area (Å²) in [7, 11) is 0. The number of rotatable bonds is 6. The Labute approximate surface area is 140 Å². The van der Waals surface area contributed by atoms with Crippen LogP contribution in [0.4, 0.5) is 22.0 Å². The van der Waals surface area contributed by atoms with Gasteiger partial charge in [-0.1, -0.05) is 0 Å². The Morgan fingerprint density at radius 1 is 1.04 bits per heavy atom. The third-order valence-corrected chi connectivity index (χ3v) is 3.19. The number of hydrogen-bond acceptors (Lipinski definition) is 3. The molecule has 0 saturated carbocycles. The van der Waals surface area contributed by atoms with Gasteiger partial charge in [-0.05, 0) is 38.1 Å². The molecule has 2 aromatic rings. The van der Waals surface area contributed by atoms with Gasteiger partial charge >= 0.3 is 6.11 Å². The van der Waals surface area contributed by atoms with E-state index in [1.807, 2.05) is 0 Å². The molecule has 0 fully saturated rings. The number of carbonyl (C=O) groups excluding carboxylic acids is 1. The third kappa shape index (κ3) is 4.07. The van der Waals surface area contributed by atoms with Crippen LogP contribution < -0.4 is 9.47 Å². The van der Waals surface area contributed by atoms with Crippen LogP contribution in [0.5, 0.6) is 11.5 Å². The number of carbonyl (C=O) groups is 1. The predicted octanol–water partition coefficient (Wildman–Crippen LogP) is 4.83. The molecule has 0 unspecified atom stereocenters. The highest BCUT2D eigenvalue weighted by Crippen LogP contribution is 2.36. The van der Waals surface area contributed by atoms with Crippen molar-refractivity contribution in [2.45, 2.75) is 20.0 Å². The molecule has 0 aromatic heterocycles. The van der Waals surface area contributed by atoms with Gasteiger partial charge in [0, 0.05) is 11.6 Å². The van der Waals surface area contributed by atoms with E-state index in [0.717, 1.165) is 12.1 Å². The number of alkyl halides is 2. The van der Waals surface area contributed by atoms with Crippen molar-refractivity contribution >= 4 is 5.78 Å². The van der Waals surface area contributed by atoms with E-state index in [1.165, 1.54) is 13.0 Å². The first-order chi connectivity index (χ1) is 11.7. The van der Waals surface area contributed by atoms with Gasteiger partial charge in [-0.25, -0.2) is 13.2 Å². The Morgan fingerprint density at radius 2 is 1.68 bits per heavy atom. The smallest absolute Gasteiger partial charge is 0.429 e. The minimum Gasteiger partial charge on any atom is -0.494 e. The predicted molar refractivity (Wildman–Crippen MR) is 78.5 cm³/mol. The molecule has 134 valence electrons. The van der Waals surface area contributed by atoms with Gasteiger partial charge in [0.2, 0.25) is 0 Å². The molecule has 2 rings (SSSR count). The molecule has 0 spiro atoms. The monoisotopic (exact) mass is 360 g/mol. The SMILES string of the molecule is CCOc1cc(OC(F)(F)c2ccc(F)c(F)c2F)cc(C(C)=O)c1. The lowest BCUT2D eigenvalue weighted by Crippen LogP contribution is -2.24. The van der Waals surface area contributed by atoms with Crippen molar-refractivity contribution in [3.8, 4) is 11.5 Å². The van der Waals surface area contributed by atoms with Gasteiger partial charge in [0.05, 0.1) is 6.61 Å². The Bertz CT molecular complexity index is 805. The van der Waals surface area contributed by atoms with Crippen LogP contribution in [0.3, 0.4) is 0 Å². The number of halogens is 5. The normalized spacial score (nSPS) is 11.3. The summed E-state index contributed by atoms with van der Waals surface area (Å²) in [5.74, 6) is -6.54. The Hall–Kier alpha value is -2.64. The topological polar surface area (TPSA) is 35.5 Å². The van der Waals surface area contributed by atoms with Crippen LogP contribution >= 0.6 is 0 Å². The zero-order valence-corrected chi connectivity index (χ0v) is 13.2. The van der Waals surface area contributed by atoms with Crippen LogP contribution in [0.15, 0.2) is 30.3 Å². The summed E-state index contributed by atoms with van der Waals surface area (Å²) in [4.78, 5) is 11.5. The molecule has 2 aromatic carbocycles. The van der Waals surface area contributed by atoms with Crippen LogP contribution in [0, 0.1) is 17.5 Å². The summed E-state index contributed by atoms with van der Waals surface area (Å²) in [6.45, 7) is 3.06. The van der Waals surface area contributed by atoms with Crippen molar-refractivity contribution in [1.29, 1.82) is 0 Å². The number of ether oxygens (including phenoxy) is 2. The average molecular weight is 360 g/mol. The molecule has 8 heteroatoms. The van der Waals surface area contributed by atoms with Gasteiger partial charge in [-0.2, -0.15) is 8.78 Å². The van der Waals surface area contributed by atoms with E-state index < -0.39 is 40.7 Å². The van der Waals surface area contributed by atoms with Crippen LogP contribution in [0.1, 0.15) is 29.8 Å². The minimum atomic E-state index is -4.31. The molecule has 0 aliphatic rings. The van der Waals surface area contributed by atoms with Crippen molar-refractivity contribution in [2.24, 2.45) is 0 Å². The van der Waals surface area contributed by atoms with Gasteiger partial charge in [0.25, 0.3) is 0 Å². The molecule has 0 aliphatic heterocycles. The van der Waals surface area contributed by atoms with Gasteiger partial charge in [0.1, 0.15) is 17.1 Å². The fourth-order valence-electron chi connectivity index (χ4n) is 2.04. The van der Waals surface area contributed by atoms with E-state index in [-0.39, 0.29) is 17.9 Å². The quantitative estimate of drug-likeness (QED) is 0.420. The van der Waals surface area contributed by atoms with Crippen molar-refractivity contribution in [1.82, 2.24) is 0 Å². The van der Waals surface area contributed by atoms with Crippen LogP contribution in [0.25, 0.3) is 0 Å². The first kappa shape index (κ1) is 18.7. The Morgan fingerprint density at radius 3 is 2.28 bits per heavy atom. The van der Waals surface area contributed by atoms with Crippen molar-refractivity contribution in [2.75, 3.05) is 6.61 Å². The molecule has 3 nitrogen and oxygen atoms in total. The molecule has 0 saturated heterocycles. The molecule has 0 N–H and O–H groups in total. The van der Waals surface area contributed by atoms with Crippen molar-refractivity contribution < 1.29 is 36.2 Å². The zero-order chi connectivity index (χ0) is 18.8. The lowest BCUT2D eigenvalue weighted by atomic mass is 10.1. The van der Waals surface area contributed by atoms with Crippen LogP contribution in [-0.2, 0) is 6.11 Å². The lowest BCUT2D eigenvalue weighted by molar-refractivity contribution is -0.187. The first-order valence-corrected chi connectivity index (χ1v) is 7.15. The summed E-state index contributed by atoms with van der Waals surface area (Å²) >= 11 is 0. The summed E-state index contributed by atoms with van der Waals surface area (Å²) in [5, 5.41) is 0. The largest absolute Gasteiger partial charge is 0.494 e. The second kappa shape index (κ2) is 7.08. The van der Waals surface area contributed by atoms with Crippen LogP contribution in [0.2, 0.25) is 0 Å². The molecular formula is C17H13F5O3. The maximum Gasteiger partial charge on any atom is 0.429 e. The Kier molecular flexibility index (Phi) is 5.30. The van der Waals surface area contributed by atoms with E-state index >= 15 is 0 Å². The molecular weight excluding hydrogens is 347 g/mol. The van der Waals surface area contributed by atoms with E-state index in [4.69, 9.17) is 4.74 Å². The highest BCUT2D eigenvalue weighted by Gasteiger charge is 2.39. The van der Waals surface area contributed by atoms with E-state index in [1.54, 1.807) is 6.92 Å². The lowest BCUT2D eigenvalue weighted by Gasteiger charge is -2.20. The zero-order valence-electron chi connectivity index (χ0n) is 13.2. The van der Waals surface area contributed by atoms with Gasteiger partial charge in [-0.3, -0.25) is 4.79 Å². The maximum atomic E-state index is 14.2. The van der Waals surface area contributed by atoms with Crippen molar-refractivity contribution in [3.63, 3.8) is 0 Å². The molecule has 25 heavy (non-hydrogen) atoms. The summed E-state index contributed by atoms with van der Waals surface area (Å²) in [5.41, 5.74) is -1.44. The number of Topliss-reactive ketones (excluding diaryl/α,β-unsaturated/α-hetero) is 1. The fourth-order valence-corrected chi connectivity index (χ4v) is 2.04. The van der Waals surface area contributed by atoms with Gasteiger partial charge < -0.3 is 9.47 Å². The standard InChI is InChI=1S/C17H13F5O3/c1-3-24-11-6-10(9(2)23)7-12(8-11)25-17(21,22)13-4-5-14(18)16(20)15(13)19/h4-8H,3H2,1-2H3. The maximum absolute atomic E-state index is 14.2. The highest BCUT2D eigenvalue weighted by molar-refractivity contribution is 5.94. The Balaban J connectivity index is 2.43. The summed E-state index contributed by atoms with van der Waals surface area (Å²) < 4.78 is 77.7. The molecule has 0 aliphatic carbocycles. The second-order valence-electron chi connectivity index (χ2n) is 5.02.